The van der Waals surface area contributed by atoms with Crippen molar-refractivity contribution in [3.63, 3.8) is 0 Å². The van der Waals surface area contributed by atoms with E-state index in [1.807, 2.05) is 13.8 Å². The molecule has 0 aromatic heterocycles. The first-order valence-corrected chi connectivity index (χ1v) is 5.82. The number of rotatable bonds is 2. The Bertz CT molecular complexity index is 258. The molecule has 4 nitrogen and oxygen atoms in total. The summed E-state index contributed by atoms with van der Waals surface area (Å²) in [6.45, 7) is 4.41. The predicted molar refractivity (Wildman–Crippen MR) is 46.4 cm³/mol. The van der Waals surface area contributed by atoms with Gasteiger partial charge >= 0.3 is 0 Å². The largest absolute Gasteiger partial charge is 0.374 e. The fourth-order valence-corrected chi connectivity index (χ4v) is 2.27. The standard InChI is InChI=1S/C7H15NO3S/c1-7(2)6(4-5-11-7)8-12(3,9)10/h6,8H,4-5H2,1-3H3. The second-order valence-corrected chi connectivity index (χ2v) is 5.46. The highest BCUT2D eigenvalue weighted by Gasteiger charge is 2.37. The second-order valence-electron chi connectivity index (χ2n) is 3.68. The van der Waals surface area contributed by atoms with Crippen molar-refractivity contribution >= 4 is 10.0 Å². The van der Waals surface area contributed by atoms with Crippen LogP contribution in [0.4, 0.5) is 0 Å². The Hall–Kier alpha value is -0.130. The minimum absolute atomic E-state index is 0.0903. The molecule has 1 N–H and O–H groups in total. The van der Waals surface area contributed by atoms with E-state index in [0.717, 1.165) is 6.42 Å². The quantitative estimate of drug-likeness (QED) is 0.677. The lowest BCUT2D eigenvalue weighted by atomic mass is 10.0. The van der Waals surface area contributed by atoms with E-state index in [1.165, 1.54) is 6.26 Å². The molecule has 0 aromatic rings. The monoisotopic (exact) mass is 193 g/mol. The van der Waals surface area contributed by atoms with Crippen molar-refractivity contribution in [1.29, 1.82) is 0 Å². The minimum Gasteiger partial charge on any atom is -0.374 e. The molecule has 1 heterocycles. The number of nitrogens with one attached hydrogen (secondary N) is 1. The Kier molecular flexibility index (Phi) is 2.47. The molecule has 0 aliphatic carbocycles. The maximum Gasteiger partial charge on any atom is 0.209 e. The molecule has 1 unspecified atom stereocenters. The summed E-state index contributed by atoms with van der Waals surface area (Å²) in [5.41, 5.74) is -0.372. The second kappa shape index (κ2) is 2.97. The molecular formula is C7H15NO3S. The predicted octanol–water partition coefficient (Wildman–Crippen LogP) is 0.103. The molecule has 1 saturated heterocycles. The molecule has 72 valence electrons. The minimum atomic E-state index is -3.11. The van der Waals surface area contributed by atoms with Crippen molar-refractivity contribution in [3.8, 4) is 0 Å². The van der Waals surface area contributed by atoms with Crippen LogP contribution in [0.5, 0.6) is 0 Å². The van der Waals surface area contributed by atoms with Crippen LogP contribution in [0.15, 0.2) is 0 Å². The number of ether oxygens (including phenoxy) is 1. The summed E-state index contributed by atoms with van der Waals surface area (Å²) < 4.78 is 29.7. The average molecular weight is 193 g/mol. The highest BCUT2D eigenvalue weighted by atomic mass is 32.2. The molecule has 0 radical (unpaired) electrons. The lowest BCUT2D eigenvalue weighted by Crippen LogP contribution is -2.45. The first-order valence-electron chi connectivity index (χ1n) is 3.92. The normalized spacial score (nSPS) is 29.1. The van der Waals surface area contributed by atoms with Crippen LogP contribution in [-0.4, -0.2) is 32.9 Å². The van der Waals surface area contributed by atoms with E-state index in [0.29, 0.717) is 6.61 Å². The van der Waals surface area contributed by atoms with Crippen molar-refractivity contribution in [3.05, 3.63) is 0 Å². The van der Waals surface area contributed by atoms with Gasteiger partial charge in [-0.3, -0.25) is 0 Å². The van der Waals surface area contributed by atoms with Crippen LogP contribution in [0.1, 0.15) is 20.3 Å². The zero-order valence-electron chi connectivity index (χ0n) is 7.62. The smallest absolute Gasteiger partial charge is 0.209 e. The summed E-state index contributed by atoms with van der Waals surface area (Å²) in [5, 5.41) is 0. The molecule has 5 heteroatoms. The van der Waals surface area contributed by atoms with Gasteiger partial charge in [0, 0.05) is 6.61 Å². The van der Waals surface area contributed by atoms with Gasteiger partial charge in [-0.15, -0.1) is 0 Å². The van der Waals surface area contributed by atoms with Gasteiger partial charge in [0.2, 0.25) is 10.0 Å². The van der Waals surface area contributed by atoms with Crippen LogP contribution in [-0.2, 0) is 14.8 Å². The van der Waals surface area contributed by atoms with Gasteiger partial charge in [0.25, 0.3) is 0 Å². The molecule has 1 fully saturated rings. The van der Waals surface area contributed by atoms with Crippen LogP contribution in [0.2, 0.25) is 0 Å². The van der Waals surface area contributed by atoms with Crippen molar-refractivity contribution < 1.29 is 13.2 Å². The highest BCUT2D eigenvalue weighted by Crippen LogP contribution is 2.25. The van der Waals surface area contributed by atoms with E-state index in [1.54, 1.807) is 0 Å². The Morgan fingerprint density at radius 3 is 2.42 bits per heavy atom. The van der Waals surface area contributed by atoms with E-state index in [9.17, 15) is 8.42 Å². The summed E-state index contributed by atoms with van der Waals surface area (Å²) >= 11 is 0. The van der Waals surface area contributed by atoms with E-state index in [-0.39, 0.29) is 11.6 Å². The molecule has 0 saturated carbocycles. The molecule has 0 aromatic carbocycles. The molecule has 1 atom stereocenters. The van der Waals surface area contributed by atoms with Crippen molar-refractivity contribution in [1.82, 2.24) is 4.72 Å². The van der Waals surface area contributed by atoms with Gasteiger partial charge in [0.05, 0.1) is 17.9 Å². The van der Waals surface area contributed by atoms with E-state index in [4.69, 9.17) is 4.74 Å². The topological polar surface area (TPSA) is 55.4 Å². The molecule has 1 rings (SSSR count). The Labute approximate surface area is 73.3 Å². The Balaban J connectivity index is 2.65. The van der Waals surface area contributed by atoms with Gasteiger partial charge < -0.3 is 4.74 Å². The maximum absolute atomic E-state index is 10.9. The Morgan fingerprint density at radius 1 is 1.50 bits per heavy atom. The lowest BCUT2D eigenvalue weighted by molar-refractivity contribution is 0.0256. The van der Waals surface area contributed by atoms with Gasteiger partial charge in [-0.1, -0.05) is 0 Å². The Morgan fingerprint density at radius 2 is 2.08 bits per heavy atom. The third kappa shape index (κ3) is 2.43. The summed E-state index contributed by atoms with van der Waals surface area (Å²) in [6, 6.07) is -0.0903. The molecule has 0 spiro atoms. The van der Waals surface area contributed by atoms with Crippen LogP contribution in [0.25, 0.3) is 0 Å². The van der Waals surface area contributed by atoms with Gasteiger partial charge in [-0.05, 0) is 20.3 Å². The van der Waals surface area contributed by atoms with Crippen LogP contribution in [0, 0.1) is 0 Å². The van der Waals surface area contributed by atoms with E-state index in [2.05, 4.69) is 4.72 Å². The fraction of sp³-hybridized carbons (Fsp3) is 1.00. The zero-order chi connectivity index (χ0) is 9.41. The van der Waals surface area contributed by atoms with E-state index >= 15 is 0 Å². The van der Waals surface area contributed by atoms with Gasteiger partial charge in [-0.2, -0.15) is 0 Å². The molecular weight excluding hydrogens is 178 g/mol. The average Bonchev–Trinajstić information content (AvgIpc) is 2.07. The van der Waals surface area contributed by atoms with Gasteiger partial charge in [-0.25, -0.2) is 13.1 Å². The first-order chi connectivity index (χ1) is 5.31. The SMILES string of the molecule is CC1(C)OCCC1NS(C)(=O)=O. The lowest BCUT2D eigenvalue weighted by Gasteiger charge is -2.25. The summed E-state index contributed by atoms with van der Waals surface area (Å²) in [5.74, 6) is 0. The van der Waals surface area contributed by atoms with Gasteiger partial charge in [0.1, 0.15) is 0 Å². The number of hydrogen-bond acceptors (Lipinski definition) is 3. The summed E-state index contributed by atoms with van der Waals surface area (Å²) in [4.78, 5) is 0. The van der Waals surface area contributed by atoms with Crippen molar-refractivity contribution in [2.24, 2.45) is 0 Å². The van der Waals surface area contributed by atoms with Gasteiger partial charge in [0.15, 0.2) is 0 Å². The number of hydrogen-bond donors (Lipinski definition) is 1. The maximum atomic E-state index is 10.9. The van der Waals surface area contributed by atoms with Crippen LogP contribution < -0.4 is 4.72 Å². The molecule has 12 heavy (non-hydrogen) atoms. The van der Waals surface area contributed by atoms with Crippen LogP contribution in [0.3, 0.4) is 0 Å². The highest BCUT2D eigenvalue weighted by molar-refractivity contribution is 7.88. The molecule has 1 aliphatic heterocycles. The fourth-order valence-electron chi connectivity index (χ4n) is 1.35. The van der Waals surface area contributed by atoms with Crippen molar-refractivity contribution in [2.45, 2.75) is 31.9 Å². The number of sulfonamides is 1. The zero-order valence-corrected chi connectivity index (χ0v) is 8.44. The summed E-state index contributed by atoms with van der Waals surface area (Å²) in [6.07, 6.45) is 1.92. The first kappa shape index (κ1) is 9.95. The summed E-state index contributed by atoms with van der Waals surface area (Å²) in [7, 11) is -3.11. The van der Waals surface area contributed by atoms with Crippen molar-refractivity contribution in [2.75, 3.05) is 12.9 Å². The van der Waals surface area contributed by atoms with E-state index < -0.39 is 10.0 Å². The third-order valence-corrected chi connectivity index (χ3v) is 2.79. The molecule has 0 amide bonds. The third-order valence-electron chi connectivity index (χ3n) is 2.08. The molecule has 0 bridgehead atoms. The molecule has 1 aliphatic rings. The van der Waals surface area contributed by atoms with Crippen LogP contribution >= 0.6 is 0 Å².